The van der Waals surface area contributed by atoms with Gasteiger partial charge in [0.05, 0.1) is 18.1 Å². The second-order valence-corrected chi connectivity index (χ2v) is 8.10. The first-order valence-corrected chi connectivity index (χ1v) is 11.0. The molecule has 1 heterocycles. The molecule has 1 aromatic heterocycles. The third kappa shape index (κ3) is 5.22. The van der Waals surface area contributed by atoms with Crippen molar-refractivity contribution >= 4 is 16.9 Å². The van der Waals surface area contributed by atoms with Crippen LogP contribution in [0.2, 0.25) is 0 Å². The molecule has 35 heavy (non-hydrogen) atoms. The van der Waals surface area contributed by atoms with E-state index in [0.29, 0.717) is 23.9 Å². The van der Waals surface area contributed by atoms with Gasteiger partial charge in [0.2, 0.25) is 5.91 Å². The summed E-state index contributed by atoms with van der Waals surface area (Å²) in [5, 5.41) is 33.9. The van der Waals surface area contributed by atoms with Crippen molar-refractivity contribution < 1.29 is 29.3 Å². The van der Waals surface area contributed by atoms with Crippen LogP contribution in [-0.4, -0.2) is 34.9 Å². The van der Waals surface area contributed by atoms with Gasteiger partial charge in [-0.1, -0.05) is 30.3 Å². The fourth-order valence-electron chi connectivity index (χ4n) is 4.03. The summed E-state index contributed by atoms with van der Waals surface area (Å²) in [5.41, 5.74) is 0.774. The maximum atomic E-state index is 12.9. The van der Waals surface area contributed by atoms with Gasteiger partial charge in [0, 0.05) is 18.9 Å². The number of hydrogen-bond acceptors (Lipinski definition) is 7. The largest absolute Gasteiger partial charge is 0.508 e. The zero-order valence-corrected chi connectivity index (χ0v) is 19.0. The molecular formula is C27H25NO7. The van der Waals surface area contributed by atoms with E-state index in [0.717, 1.165) is 5.56 Å². The molecule has 3 aromatic carbocycles. The van der Waals surface area contributed by atoms with Gasteiger partial charge in [-0.2, -0.15) is 0 Å². The molecule has 0 radical (unpaired) electrons. The van der Waals surface area contributed by atoms with Gasteiger partial charge >= 0.3 is 5.63 Å². The molecule has 8 heteroatoms. The van der Waals surface area contributed by atoms with E-state index in [1.54, 1.807) is 54.6 Å². The number of phenols is 2. The Labute approximate surface area is 201 Å². The molecule has 0 aliphatic rings. The fourth-order valence-corrected chi connectivity index (χ4v) is 4.03. The van der Waals surface area contributed by atoms with Crippen molar-refractivity contribution in [2.75, 3.05) is 13.7 Å². The first kappa shape index (κ1) is 23.7. The Hall–Kier alpha value is -4.46. The normalized spacial score (nSPS) is 11.8. The van der Waals surface area contributed by atoms with Crippen LogP contribution in [-0.2, 0) is 11.2 Å². The van der Waals surface area contributed by atoms with Crippen molar-refractivity contribution in [2.24, 2.45) is 0 Å². The average Bonchev–Trinajstić information content (AvgIpc) is 2.84. The molecule has 1 unspecified atom stereocenters. The van der Waals surface area contributed by atoms with Crippen molar-refractivity contribution in [1.82, 2.24) is 5.32 Å². The number of aromatic hydroxyl groups is 3. The zero-order valence-electron chi connectivity index (χ0n) is 19.0. The summed E-state index contributed by atoms with van der Waals surface area (Å²) in [6, 6.07) is 17.8. The molecular weight excluding hydrogens is 450 g/mol. The molecule has 0 fully saturated rings. The third-order valence-electron chi connectivity index (χ3n) is 5.84. The number of carbonyl (C=O) groups is 1. The minimum atomic E-state index is -0.888. The van der Waals surface area contributed by atoms with Gasteiger partial charge in [0.1, 0.15) is 17.1 Å². The minimum absolute atomic E-state index is 0.0676. The highest BCUT2D eigenvalue weighted by atomic mass is 16.5. The molecule has 180 valence electrons. The number of nitrogens with one attached hydrogen (secondary N) is 1. The highest BCUT2D eigenvalue weighted by Gasteiger charge is 2.27. The van der Waals surface area contributed by atoms with Crippen molar-refractivity contribution in [3.63, 3.8) is 0 Å². The van der Waals surface area contributed by atoms with Crippen LogP contribution in [0, 0.1) is 0 Å². The summed E-state index contributed by atoms with van der Waals surface area (Å²) < 4.78 is 10.5. The van der Waals surface area contributed by atoms with E-state index in [1.165, 1.54) is 19.2 Å². The number of carbonyl (C=O) groups excluding carboxylic acids is 1. The van der Waals surface area contributed by atoms with Crippen LogP contribution in [0.1, 0.15) is 29.0 Å². The lowest BCUT2D eigenvalue weighted by molar-refractivity contribution is -0.121. The molecule has 8 nitrogen and oxygen atoms in total. The Morgan fingerprint density at radius 1 is 1.03 bits per heavy atom. The van der Waals surface area contributed by atoms with Gasteiger partial charge in [0.15, 0.2) is 11.5 Å². The summed E-state index contributed by atoms with van der Waals surface area (Å²) in [7, 11) is 1.41. The van der Waals surface area contributed by atoms with E-state index in [2.05, 4.69) is 5.32 Å². The molecule has 0 saturated carbocycles. The fraction of sp³-hybridized carbons (Fsp3) is 0.185. The minimum Gasteiger partial charge on any atom is -0.508 e. The van der Waals surface area contributed by atoms with Crippen LogP contribution in [0.3, 0.4) is 0 Å². The summed E-state index contributed by atoms with van der Waals surface area (Å²) in [6.07, 6.45) is 0.376. The number of benzene rings is 3. The lowest BCUT2D eigenvalue weighted by atomic mass is 9.87. The number of fused-ring (bicyclic) bond motifs is 1. The monoisotopic (exact) mass is 475 g/mol. The highest BCUT2D eigenvalue weighted by Crippen LogP contribution is 2.38. The standard InChI is InChI=1S/C27H25NO7/c1-34-23-11-8-17(14-21(23)30)20(15-24(31)28-13-12-16-6-9-18(29)10-7-16)25-26(32)19-4-2-3-5-22(19)35-27(25)33/h2-11,14,20,29-30,32H,12-13,15H2,1H3,(H,28,31). The zero-order chi connectivity index (χ0) is 24.9. The maximum absolute atomic E-state index is 12.9. The predicted octanol–water partition coefficient (Wildman–Crippen LogP) is 3.80. The lowest BCUT2D eigenvalue weighted by Crippen LogP contribution is -2.28. The second-order valence-electron chi connectivity index (χ2n) is 8.10. The molecule has 4 aromatic rings. The van der Waals surface area contributed by atoms with Crippen LogP contribution in [0.25, 0.3) is 11.0 Å². The number of ether oxygens (including phenoxy) is 1. The summed E-state index contributed by atoms with van der Waals surface area (Å²) in [6.45, 7) is 0.336. The SMILES string of the molecule is COc1ccc(C(CC(=O)NCCc2ccc(O)cc2)c2c(O)c3ccccc3oc2=O)cc1O. The van der Waals surface area contributed by atoms with Crippen molar-refractivity contribution in [3.8, 4) is 23.0 Å². The topological polar surface area (TPSA) is 129 Å². The number of methoxy groups -OCH3 is 1. The Kier molecular flexibility index (Phi) is 6.91. The van der Waals surface area contributed by atoms with E-state index < -0.39 is 11.5 Å². The van der Waals surface area contributed by atoms with Crippen molar-refractivity contribution in [1.29, 1.82) is 0 Å². The van der Waals surface area contributed by atoms with Crippen LogP contribution < -0.4 is 15.7 Å². The second kappa shape index (κ2) is 10.2. The number of amides is 1. The van der Waals surface area contributed by atoms with E-state index in [9.17, 15) is 24.9 Å². The number of rotatable bonds is 8. The van der Waals surface area contributed by atoms with Gasteiger partial charge in [-0.3, -0.25) is 4.79 Å². The maximum Gasteiger partial charge on any atom is 0.343 e. The van der Waals surface area contributed by atoms with Crippen molar-refractivity contribution in [2.45, 2.75) is 18.8 Å². The smallest absolute Gasteiger partial charge is 0.343 e. The third-order valence-corrected chi connectivity index (χ3v) is 5.84. The molecule has 0 aliphatic heterocycles. The van der Waals surface area contributed by atoms with Gasteiger partial charge in [-0.05, 0) is 53.9 Å². The Morgan fingerprint density at radius 2 is 1.77 bits per heavy atom. The molecule has 0 spiro atoms. The molecule has 0 aliphatic carbocycles. The summed E-state index contributed by atoms with van der Waals surface area (Å²) in [5.74, 6) is -1.27. The quantitative estimate of drug-likeness (QED) is 0.285. The molecule has 4 N–H and O–H groups in total. The first-order chi connectivity index (χ1) is 16.9. The van der Waals surface area contributed by atoms with E-state index in [4.69, 9.17) is 9.15 Å². The summed E-state index contributed by atoms with van der Waals surface area (Å²) in [4.78, 5) is 25.8. The summed E-state index contributed by atoms with van der Waals surface area (Å²) >= 11 is 0. The lowest BCUT2D eigenvalue weighted by Gasteiger charge is -2.19. The van der Waals surface area contributed by atoms with E-state index in [1.807, 2.05) is 0 Å². The average molecular weight is 475 g/mol. The van der Waals surface area contributed by atoms with E-state index in [-0.39, 0.29) is 46.5 Å². The Bertz CT molecular complexity index is 1410. The molecule has 1 amide bonds. The highest BCUT2D eigenvalue weighted by molar-refractivity contribution is 5.85. The van der Waals surface area contributed by atoms with Gasteiger partial charge in [-0.25, -0.2) is 4.79 Å². The first-order valence-electron chi connectivity index (χ1n) is 11.0. The van der Waals surface area contributed by atoms with Gasteiger partial charge in [-0.15, -0.1) is 0 Å². The molecule has 0 bridgehead atoms. The van der Waals surface area contributed by atoms with Crippen LogP contribution in [0.5, 0.6) is 23.0 Å². The molecule has 0 saturated heterocycles. The van der Waals surface area contributed by atoms with Gasteiger partial charge in [0.25, 0.3) is 0 Å². The molecule has 1 atom stereocenters. The predicted molar refractivity (Wildman–Crippen MR) is 130 cm³/mol. The number of para-hydroxylation sites is 1. The Morgan fingerprint density at radius 3 is 2.49 bits per heavy atom. The van der Waals surface area contributed by atoms with Crippen molar-refractivity contribution in [3.05, 3.63) is 93.8 Å². The van der Waals surface area contributed by atoms with Crippen LogP contribution in [0.4, 0.5) is 0 Å². The number of phenolic OH excluding ortho intramolecular Hbond substituents is 2. The Balaban J connectivity index is 1.64. The van der Waals surface area contributed by atoms with Crippen LogP contribution in [0.15, 0.2) is 75.9 Å². The van der Waals surface area contributed by atoms with Gasteiger partial charge < -0.3 is 29.8 Å². The van der Waals surface area contributed by atoms with Crippen LogP contribution >= 0.6 is 0 Å². The van der Waals surface area contributed by atoms with E-state index >= 15 is 0 Å². The number of hydrogen-bond donors (Lipinski definition) is 4. The molecule has 4 rings (SSSR count).